The maximum absolute atomic E-state index is 13.1. The highest BCUT2D eigenvalue weighted by Crippen LogP contribution is 2.29. The quantitative estimate of drug-likeness (QED) is 0.725. The fourth-order valence-electron chi connectivity index (χ4n) is 4.40. The maximum Gasteiger partial charge on any atom is 0.154 e. The third-order valence-corrected chi connectivity index (χ3v) is 5.92. The van der Waals surface area contributed by atoms with Crippen LogP contribution in [0.5, 0.6) is 0 Å². The van der Waals surface area contributed by atoms with Gasteiger partial charge in [0.05, 0.1) is 6.04 Å². The van der Waals surface area contributed by atoms with Gasteiger partial charge in [0.15, 0.2) is 5.78 Å². The summed E-state index contributed by atoms with van der Waals surface area (Å²) in [5, 5.41) is 0. The Morgan fingerprint density at radius 2 is 1.77 bits per heavy atom. The Morgan fingerprint density at radius 3 is 2.42 bits per heavy atom. The highest BCUT2D eigenvalue weighted by atomic mass is 16.1. The van der Waals surface area contributed by atoms with E-state index in [4.69, 9.17) is 0 Å². The number of likely N-dealkylation sites (tertiary alicyclic amines) is 1. The molecule has 1 heterocycles. The highest BCUT2D eigenvalue weighted by molar-refractivity contribution is 5.86. The average molecular weight is 350 g/mol. The van der Waals surface area contributed by atoms with Gasteiger partial charge in [-0.25, -0.2) is 0 Å². The van der Waals surface area contributed by atoms with Crippen molar-refractivity contribution in [3.8, 4) is 0 Å². The predicted molar refractivity (Wildman–Crippen MR) is 109 cm³/mol. The van der Waals surface area contributed by atoms with Gasteiger partial charge in [0.1, 0.15) is 0 Å². The van der Waals surface area contributed by atoms with Gasteiger partial charge < -0.3 is 0 Å². The van der Waals surface area contributed by atoms with E-state index < -0.39 is 0 Å². The summed E-state index contributed by atoms with van der Waals surface area (Å²) in [6.45, 7) is 8.42. The van der Waals surface area contributed by atoms with Gasteiger partial charge in [-0.15, -0.1) is 0 Å². The molecule has 0 amide bonds. The van der Waals surface area contributed by atoms with Crippen molar-refractivity contribution in [3.05, 3.63) is 70.8 Å². The molecule has 2 nitrogen and oxygen atoms in total. The van der Waals surface area contributed by atoms with E-state index in [-0.39, 0.29) is 6.04 Å². The lowest BCUT2D eigenvalue weighted by atomic mass is 9.88. The lowest BCUT2D eigenvalue weighted by molar-refractivity contribution is -0.124. The molecular weight excluding hydrogens is 318 g/mol. The second-order valence-electron chi connectivity index (χ2n) is 7.68. The first-order chi connectivity index (χ1) is 12.6. The minimum atomic E-state index is 0.0421. The second kappa shape index (κ2) is 8.64. The summed E-state index contributed by atoms with van der Waals surface area (Å²) in [6, 6.07) is 17.1. The second-order valence-corrected chi connectivity index (χ2v) is 7.68. The van der Waals surface area contributed by atoms with E-state index >= 15 is 0 Å². The Hall–Kier alpha value is -1.93. The summed E-state index contributed by atoms with van der Waals surface area (Å²) in [5.41, 5.74) is 5.09. The highest BCUT2D eigenvalue weighted by Gasteiger charge is 2.30. The van der Waals surface area contributed by atoms with Crippen LogP contribution in [0.2, 0.25) is 0 Å². The van der Waals surface area contributed by atoms with Gasteiger partial charge >= 0.3 is 0 Å². The van der Waals surface area contributed by atoms with Crippen LogP contribution in [0.25, 0.3) is 0 Å². The van der Waals surface area contributed by atoms with Crippen LogP contribution < -0.4 is 0 Å². The lowest BCUT2D eigenvalue weighted by Gasteiger charge is -2.37. The van der Waals surface area contributed by atoms with Gasteiger partial charge in [0.25, 0.3) is 0 Å². The minimum absolute atomic E-state index is 0.0421. The van der Waals surface area contributed by atoms with E-state index in [0.717, 1.165) is 19.5 Å². The van der Waals surface area contributed by atoms with Crippen molar-refractivity contribution in [2.45, 2.75) is 58.4 Å². The molecule has 0 radical (unpaired) electrons. The Balaban J connectivity index is 1.72. The van der Waals surface area contributed by atoms with Gasteiger partial charge in [-0.1, -0.05) is 55.5 Å². The number of hydrogen-bond acceptors (Lipinski definition) is 2. The molecule has 0 aromatic heterocycles. The largest absolute Gasteiger partial charge is 0.298 e. The molecule has 1 saturated heterocycles. The van der Waals surface area contributed by atoms with Crippen LogP contribution >= 0.6 is 0 Å². The summed E-state index contributed by atoms with van der Waals surface area (Å²) in [6.07, 6.45) is 3.85. The molecule has 26 heavy (non-hydrogen) atoms. The molecule has 1 aliphatic heterocycles. The van der Waals surface area contributed by atoms with E-state index in [1.165, 1.54) is 35.1 Å². The number of carbonyl (C=O) groups excluding carboxylic acids is 1. The molecule has 0 spiro atoms. The Labute approximate surface area is 158 Å². The maximum atomic E-state index is 13.1. The normalized spacial score (nSPS) is 19.3. The molecule has 2 heteroatoms. The zero-order valence-corrected chi connectivity index (χ0v) is 16.4. The first kappa shape index (κ1) is 18.8. The van der Waals surface area contributed by atoms with E-state index in [9.17, 15) is 4.79 Å². The molecule has 2 aromatic rings. The van der Waals surface area contributed by atoms with Crippen molar-refractivity contribution >= 4 is 5.78 Å². The Morgan fingerprint density at radius 1 is 1.08 bits per heavy atom. The van der Waals surface area contributed by atoms with Crippen molar-refractivity contribution in [3.63, 3.8) is 0 Å². The fraction of sp³-hybridized carbons (Fsp3) is 0.458. The summed E-state index contributed by atoms with van der Waals surface area (Å²) < 4.78 is 0. The molecule has 0 saturated carbocycles. The Kier molecular flexibility index (Phi) is 6.26. The van der Waals surface area contributed by atoms with Crippen molar-refractivity contribution in [2.24, 2.45) is 0 Å². The van der Waals surface area contributed by atoms with Crippen LogP contribution in [-0.4, -0.2) is 29.8 Å². The molecule has 1 aliphatic rings. The summed E-state index contributed by atoms with van der Waals surface area (Å²) in [4.78, 5) is 15.6. The molecule has 2 aromatic carbocycles. The number of nitrogens with zero attached hydrogens (tertiary/aromatic N) is 1. The summed E-state index contributed by atoms with van der Waals surface area (Å²) in [5.74, 6) is 0.922. The van der Waals surface area contributed by atoms with E-state index in [1.807, 2.05) is 0 Å². The van der Waals surface area contributed by atoms with Crippen molar-refractivity contribution in [2.75, 3.05) is 13.1 Å². The van der Waals surface area contributed by atoms with Gasteiger partial charge in [-0.2, -0.15) is 0 Å². The zero-order chi connectivity index (χ0) is 18.5. The molecule has 138 valence electrons. The van der Waals surface area contributed by atoms with Gasteiger partial charge in [-0.05, 0) is 67.8 Å². The minimum Gasteiger partial charge on any atom is -0.298 e. The first-order valence-electron chi connectivity index (χ1n) is 9.97. The summed E-state index contributed by atoms with van der Waals surface area (Å²) >= 11 is 0. The number of benzene rings is 2. The standard InChI is InChI=1S/C24H31NO/c1-4-23(24(26)16-22-18(2)10-8-11-19(22)3)25-15-9-14-21(17-25)20-12-6-5-7-13-20/h5-8,10-13,21,23H,4,9,14-17H2,1-3H3. The average Bonchev–Trinajstić information content (AvgIpc) is 2.66. The van der Waals surface area contributed by atoms with E-state index in [2.05, 4.69) is 74.2 Å². The van der Waals surface area contributed by atoms with Gasteiger partial charge in [-0.3, -0.25) is 9.69 Å². The van der Waals surface area contributed by atoms with Crippen LogP contribution in [0.1, 0.15) is 54.4 Å². The number of aryl methyl sites for hydroxylation is 2. The number of piperidine rings is 1. The van der Waals surface area contributed by atoms with Crippen LogP contribution in [0.15, 0.2) is 48.5 Å². The molecule has 1 fully saturated rings. The lowest BCUT2D eigenvalue weighted by Crippen LogP contribution is -2.46. The van der Waals surface area contributed by atoms with Crippen LogP contribution in [0.3, 0.4) is 0 Å². The molecule has 0 bridgehead atoms. The van der Waals surface area contributed by atoms with Gasteiger partial charge in [0.2, 0.25) is 0 Å². The van der Waals surface area contributed by atoms with Crippen LogP contribution in [-0.2, 0) is 11.2 Å². The SMILES string of the molecule is CCC(C(=O)Cc1c(C)cccc1C)N1CCCC(c2ccccc2)C1. The van der Waals surface area contributed by atoms with Crippen molar-refractivity contribution < 1.29 is 4.79 Å². The third kappa shape index (κ3) is 4.24. The van der Waals surface area contributed by atoms with Crippen molar-refractivity contribution in [1.29, 1.82) is 0 Å². The number of rotatable bonds is 6. The number of carbonyl (C=O) groups is 1. The molecule has 0 aliphatic carbocycles. The molecular formula is C24H31NO. The van der Waals surface area contributed by atoms with Crippen LogP contribution in [0, 0.1) is 13.8 Å². The molecule has 2 atom stereocenters. The van der Waals surface area contributed by atoms with Crippen LogP contribution in [0.4, 0.5) is 0 Å². The molecule has 0 N–H and O–H groups in total. The first-order valence-corrected chi connectivity index (χ1v) is 9.97. The predicted octanol–water partition coefficient (Wildman–Crippen LogP) is 5.07. The van der Waals surface area contributed by atoms with E-state index in [1.54, 1.807) is 0 Å². The van der Waals surface area contributed by atoms with Crippen molar-refractivity contribution in [1.82, 2.24) is 4.90 Å². The topological polar surface area (TPSA) is 20.3 Å². The number of ketones is 1. The molecule has 3 rings (SSSR count). The number of Topliss-reactive ketones (excluding diaryl/α,β-unsaturated/α-hetero) is 1. The van der Waals surface area contributed by atoms with E-state index in [0.29, 0.717) is 18.1 Å². The molecule has 2 unspecified atom stereocenters. The fourth-order valence-corrected chi connectivity index (χ4v) is 4.40. The monoisotopic (exact) mass is 349 g/mol. The Bertz CT molecular complexity index is 717. The smallest absolute Gasteiger partial charge is 0.154 e. The third-order valence-electron chi connectivity index (χ3n) is 5.92. The zero-order valence-electron chi connectivity index (χ0n) is 16.4. The number of hydrogen-bond donors (Lipinski definition) is 0. The van der Waals surface area contributed by atoms with Gasteiger partial charge in [0, 0.05) is 13.0 Å². The summed E-state index contributed by atoms with van der Waals surface area (Å²) in [7, 11) is 0.